The fourth-order valence-corrected chi connectivity index (χ4v) is 4.01. The molecule has 0 aromatic heterocycles. The molecule has 2 aromatic rings. The van der Waals surface area contributed by atoms with Crippen molar-refractivity contribution < 1.29 is 19.1 Å². The maximum atomic E-state index is 13.7. The molecule has 2 aliphatic heterocycles. The van der Waals surface area contributed by atoms with Crippen molar-refractivity contribution in [3.63, 3.8) is 0 Å². The Hall–Kier alpha value is -3.48. The second-order valence-corrected chi connectivity index (χ2v) is 7.41. The van der Waals surface area contributed by atoms with E-state index in [1.807, 2.05) is 39.0 Å². The number of aryl methyl sites for hydroxylation is 2. The molecule has 2 aromatic carbocycles. The monoisotopic (exact) mass is 391 g/mol. The lowest BCUT2D eigenvalue weighted by atomic mass is 9.78. The zero-order valence-corrected chi connectivity index (χ0v) is 16.6. The standard InChI is InChI=1S/C22H21N3O4/c1-12-8-10-15(11-9-12)22-17(18(23-24-22)20(27)29-4)19(26)25(21(22)28)16-7-5-6-13(2)14(16)3/h5-11,17,24H,1-4H3/t17-,22+/m1/s1. The molecule has 2 heterocycles. The molecule has 0 radical (unpaired) electrons. The number of hydrogen-bond donors (Lipinski definition) is 1. The lowest BCUT2D eigenvalue weighted by Crippen LogP contribution is -2.48. The van der Waals surface area contributed by atoms with Gasteiger partial charge in [0.25, 0.3) is 5.91 Å². The third-order valence-electron chi connectivity index (χ3n) is 5.79. The maximum absolute atomic E-state index is 13.7. The van der Waals surface area contributed by atoms with Crippen molar-refractivity contribution in [2.45, 2.75) is 26.3 Å². The lowest BCUT2D eigenvalue weighted by Gasteiger charge is -2.27. The summed E-state index contributed by atoms with van der Waals surface area (Å²) in [5.74, 6) is -2.81. The van der Waals surface area contributed by atoms with Crippen LogP contribution in [0.2, 0.25) is 0 Å². The fourth-order valence-electron chi connectivity index (χ4n) is 4.01. The van der Waals surface area contributed by atoms with Crippen molar-refractivity contribution in [2.75, 3.05) is 12.0 Å². The number of esters is 1. The minimum absolute atomic E-state index is 0.0979. The first kappa shape index (κ1) is 18.9. The van der Waals surface area contributed by atoms with E-state index in [-0.39, 0.29) is 5.71 Å². The highest BCUT2D eigenvalue weighted by Crippen LogP contribution is 2.45. The quantitative estimate of drug-likeness (QED) is 0.640. The summed E-state index contributed by atoms with van der Waals surface area (Å²) in [7, 11) is 1.22. The lowest BCUT2D eigenvalue weighted by molar-refractivity contribution is -0.133. The van der Waals surface area contributed by atoms with E-state index < -0.39 is 29.2 Å². The Morgan fingerprint density at radius 2 is 1.79 bits per heavy atom. The number of carbonyl (C=O) groups excluding carboxylic acids is 3. The van der Waals surface area contributed by atoms with Gasteiger partial charge in [0.15, 0.2) is 11.3 Å². The Kier molecular flexibility index (Phi) is 4.26. The highest BCUT2D eigenvalue weighted by Gasteiger charge is 2.67. The van der Waals surface area contributed by atoms with Crippen LogP contribution in [0.5, 0.6) is 0 Å². The Bertz CT molecular complexity index is 1070. The number of imide groups is 1. The first-order valence-corrected chi connectivity index (χ1v) is 9.27. The van der Waals surface area contributed by atoms with Crippen LogP contribution in [-0.4, -0.2) is 30.6 Å². The molecule has 7 nitrogen and oxygen atoms in total. The number of rotatable bonds is 3. The Balaban J connectivity index is 1.92. The smallest absolute Gasteiger partial charge is 0.355 e. The number of hydrogen-bond acceptors (Lipinski definition) is 6. The molecule has 29 heavy (non-hydrogen) atoms. The number of nitrogens with one attached hydrogen (secondary N) is 1. The van der Waals surface area contributed by atoms with Crippen molar-refractivity contribution in [3.8, 4) is 0 Å². The molecule has 1 N–H and O–H groups in total. The molecule has 0 bridgehead atoms. The van der Waals surface area contributed by atoms with Gasteiger partial charge in [-0.1, -0.05) is 42.0 Å². The number of anilines is 1. The van der Waals surface area contributed by atoms with Gasteiger partial charge in [0.2, 0.25) is 5.91 Å². The summed E-state index contributed by atoms with van der Waals surface area (Å²) in [6, 6.07) is 12.7. The van der Waals surface area contributed by atoms with Crippen LogP contribution >= 0.6 is 0 Å². The molecule has 2 amide bonds. The Labute approximate surface area is 168 Å². The first-order valence-electron chi connectivity index (χ1n) is 9.27. The molecule has 0 aliphatic carbocycles. The molecule has 4 rings (SSSR count). The van der Waals surface area contributed by atoms with Crippen molar-refractivity contribution in [3.05, 3.63) is 64.7 Å². The topological polar surface area (TPSA) is 88.1 Å². The molecule has 1 fully saturated rings. The van der Waals surface area contributed by atoms with Crippen LogP contribution in [0, 0.1) is 26.7 Å². The van der Waals surface area contributed by atoms with Crippen LogP contribution in [0.1, 0.15) is 22.3 Å². The van der Waals surface area contributed by atoms with Crippen LogP contribution in [0.3, 0.4) is 0 Å². The first-order chi connectivity index (χ1) is 13.8. The number of hydrazone groups is 1. The summed E-state index contributed by atoms with van der Waals surface area (Å²) in [4.78, 5) is 40.7. The summed E-state index contributed by atoms with van der Waals surface area (Å²) in [5.41, 5.74) is 5.11. The fraction of sp³-hybridized carbons (Fsp3) is 0.273. The van der Waals surface area contributed by atoms with Crippen molar-refractivity contribution in [1.29, 1.82) is 0 Å². The van der Waals surface area contributed by atoms with Crippen LogP contribution in [-0.2, 0) is 24.7 Å². The maximum Gasteiger partial charge on any atom is 0.355 e. The SMILES string of the molecule is COC(=O)C1=NN[C@]2(c3ccc(C)cc3)C(=O)N(c3cccc(C)c3C)C(=O)[C@@H]12. The number of benzene rings is 2. The summed E-state index contributed by atoms with van der Waals surface area (Å²) in [6.45, 7) is 5.71. The number of ether oxygens (including phenoxy) is 1. The van der Waals surface area contributed by atoms with E-state index in [9.17, 15) is 14.4 Å². The molecule has 2 atom stereocenters. The largest absolute Gasteiger partial charge is 0.464 e. The number of methoxy groups -OCH3 is 1. The van der Waals surface area contributed by atoms with Crippen molar-refractivity contribution in [2.24, 2.45) is 11.0 Å². The molecule has 2 aliphatic rings. The second-order valence-electron chi connectivity index (χ2n) is 7.41. The van der Waals surface area contributed by atoms with Gasteiger partial charge < -0.3 is 4.74 Å². The molecule has 7 heteroatoms. The molecule has 0 saturated carbocycles. The third kappa shape index (κ3) is 2.50. The molecule has 0 unspecified atom stereocenters. The number of carbonyl (C=O) groups is 3. The average molecular weight is 391 g/mol. The Morgan fingerprint density at radius 3 is 2.45 bits per heavy atom. The molecule has 1 saturated heterocycles. The molecular weight excluding hydrogens is 370 g/mol. The summed E-state index contributed by atoms with van der Waals surface area (Å²) in [5, 5.41) is 4.05. The van der Waals surface area contributed by atoms with Gasteiger partial charge in [-0.2, -0.15) is 5.10 Å². The van der Waals surface area contributed by atoms with E-state index in [0.717, 1.165) is 21.6 Å². The van der Waals surface area contributed by atoms with E-state index in [0.29, 0.717) is 11.3 Å². The average Bonchev–Trinajstić information content (AvgIpc) is 3.21. The van der Waals surface area contributed by atoms with E-state index in [1.54, 1.807) is 24.3 Å². The minimum Gasteiger partial charge on any atom is -0.464 e. The number of fused-ring (bicyclic) bond motifs is 1. The van der Waals surface area contributed by atoms with Gasteiger partial charge >= 0.3 is 5.97 Å². The van der Waals surface area contributed by atoms with Crippen molar-refractivity contribution in [1.82, 2.24) is 5.43 Å². The third-order valence-corrected chi connectivity index (χ3v) is 5.79. The molecular formula is C22H21N3O4. The highest BCUT2D eigenvalue weighted by atomic mass is 16.5. The van der Waals surface area contributed by atoms with Gasteiger partial charge in [-0.05, 0) is 43.5 Å². The van der Waals surface area contributed by atoms with E-state index in [2.05, 4.69) is 10.5 Å². The van der Waals surface area contributed by atoms with Gasteiger partial charge in [-0.3, -0.25) is 15.0 Å². The van der Waals surface area contributed by atoms with Gasteiger partial charge in [-0.25, -0.2) is 9.69 Å². The van der Waals surface area contributed by atoms with Gasteiger partial charge in [0.1, 0.15) is 5.92 Å². The Morgan fingerprint density at radius 1 is 1.10 bits per heavy atom. The second kappa shape index (κ2) is 6.55. The number of nitrogens with zero attached hydrogens (tertiary/aromatic N) is 2. The minimum atomic E-state index is -1.48. The predicted molar refractivity (Wildman–Crippen MR) is 107 cm³/mol. The van der Waals surface area contributed by atoms with Gasteiger partial charge in [0.05, 0.1) is 12.8 Å². The van der Waals surface area contributed by atoms with Gasteiger partial charge in [0, 0.05) is 0 Å². The number of amides is 2. The zero-order chi connectivity index (χ0) is 20.9. The van der Waals surface area contributed by atoms with Crippen LogP contribution in [0.15, 0.2) is 47.6 Å². The normalized spacial score (nSPS) is 23.0. The summed E-state index contributed by atoms with van der Waals surface area (Å²) in [6.07, 6.45) is 0. The zero-order valence-electron chi connectivity index (χ0n) is 16.6. The summed E-state index contributed by atoms with van der Waals surface area (Å²) < 4.78 is 4.82. The molecule has 148 valence electrons. The van der Waals surface area contributed by atoms with Crippen LogP contribution < -0.4 is 10.3 Å². The van der Waals surface area contributed by atoms with E-state index in [4.69, 9.17) is 4.74 Å². The predicted octanol–water partition coefficient (Wildman–Crippen LogP) is 2.13. The van der Waals surface area contributed by atoms with Crippen LogP contribution in [0.25, 0.3) is 0 Å². The van der Waals surface area contributed by atoms with Gasteiger partial charge in [-0.15, -0.1) is 0 Å². The summed E-state index contributed by atoms with van der Waals surface area (Å²) >= 11 is 0. The molecule has 0 spiro atoms. The van der Waals surface area contributed by atoms with E-state index >= 15 is 0 Å². The van der Waals surface area contributed by atoms with Crippen molar-refractivity contribution >= 4 is 29.2 Å². The van der Waals surface area contributed by atoms with E-state index in [1.165, 1.54) is 7.11 Å². The highest BCUT2D eigenvalue weighted by molar-refractivity contribution is 6.47. The van der Waals surface area contributed by atoms with Crippen LogP contribution in [0.4, 0.5) is 5.69 Å².